The molecule has 2 N–H and O–H groups in total. The van der Waals surface area contributed by atoms with E-state index in [0.717, 1.165) is 29.4 Å². The predicted molar refractivity (Wildman–Crippen MR) is 75.2 cm³/mol. The lowest BCUT2D eigenvalue weighted by Gasteiger charge is -2.31. The van der Waals surface area contributed by atoms with Crippen LogP contribution in [0.3, 0.4) is 0 Å². The number of halogens is 1. The van der Waals surface area contributed by atoms with Gasteiger partial charge in [-0.15, -0.1) is 0 Å². The molecule has 1 unspecified atom stereocenters. The van der Waals surface area contributed by atoms with Crippen LogP contribution in [0.4, 0.5) is 5.69 Å². The Morgan fingerprint density at radius 1 is 1.29 bits per heavy atom. The van der Waals surface area contributed by atoms with Crippen molar-refractivity contribution < 1.29 is 5.11 Å². The Hall–Kier alpha value is -0.540. The second-order valence-electron chi connectivity index (χ2n) is 5.88. The van der Waals surface area contributed by atoms with Crippen molar-refractivity contribution in [2.75, 3.05) is 11.9 Å². The third-order valence-corrected chi connectivity index (χ3v) is 4.37. The standard InChI is InChI=1S/C14H20BrNO/c1-13(2)7-8-14(9-13,10-17)16-12-6-4-3-5-11(12)15/h3-6,16-17H,7-10H2,1-2H3. The Morgan fingerprint density at radius 3 is 2.53 bits per heavy atom. The van der Waals surface area contributed by atoms with Crippen molar-refractivity contribution in [2.45, 2.75) is 38.6 Å². The number of anilines is 1. The number of aliphatic hydroxyl groups is 1. The second kappa shape index (κ2) is 4.62. The Balaban J connectivity index is 2.19. The van der Waals surface area contributed by atoms with Crippen LogP contribution in [-0.2, 0) is 0 Å². The van der Waals surface area contributed by atoms with Gasteiger partial charge in [-0.2, -0.15) is 0 Å². The van der Waals surface area contributed by atoms with Gasteiger partial charge in [0.05, 0.1) is 12.1 Å². The maximum atomic E-state index is 9.72. The van der Waals surface area contributed by atoms with Crippen LogP contribution in [0.2, 0.25) is 0 Å². The van der Waals surface area contributed by atoms with Gasteiger partial charge in [0.15, 0.2) is 0 Å². The first-order valence-electron chi connectivity index (χ1n) is 6.10. The Labute approximate surface area is 112 Å². The van der Waals surface area contributed by atoms with Crippen LogP contribution >= 0.6 is 15.9 Å². The molecule has 0 bridgehead atoms. The molecule has 0 spiro atoms. The van der Waals surface area contributed by atoms with Crippen LogP contribution in [-0.4, -0.2) is 17.3 Å². The molecule has 0 aliphatic heterocycles. The normalized spacial score (nSPS) is 27.1. The van der Waals surface area contributed by atoms with E-state index in [2.05, 4.69) is 35.1 Å². The monoisotopic (exact) mass is 297 g/mol. The van der Waals surface area contributed by atoms with Crippen molar-refractivity contribution in [3.63, 3.8) is 0 Å². The molecule has 17 heavy (non-hydrogen) atoms. The van der Waals surface area contributed by atoms with Crippen molar-refractivity contribution in [3.05, 3.63) is 28.7 Å². The fourth-order valence-corrected chi connectivity index (χ4v) is 3.18. The molecule has 0 radical (unpaired) electrons. The first kappa shape index (κ1) is 12.9. The molecule has 1 atom stereocenters. The largest absolute Gasteiger partial charge is 0.394 e. The van der Waals surface area contributed by atoms with E-state index in [9.17, 15) is 5.11 Å². The molecule has 1 aromatic carbocycles. The van der Waals surface area contributed by atoms with Crippen molar-refractivity contribution >= 4 is 21.6 Å². The maximum absolute atomic E-state index is 9.72. The van der Waals surface area contributed by atoms with Crippen LogP contribution in [0.25, 0.3) is 0 Å². The molecule has 1 saturated carbocycles. The Kier molecular flexibility index (Phi) is 3.50. The third-order valence-electron chi connectivity index (χ3n) is 3.67. The molecule has 2 nitrogen and oxygen atoms in total. The van der Waals surface area contributed by atoms with E-state index >= 15 is 0 Å². The number of hydrogen-bond acceptors (Lipinski definition) is 2. The average molecular weight is 298 g/mol. The van der Waals surface area contributed by atoms with Gasteiger partial charge < -0.3 is 10.4 Å². The molecule has 94 valence electrons. The summed E-state index contributed by atoms with van der Waals surface area (Å²) in [5.41, 5.74) is 1.23. The summed E-state index contributed by atoms with van der Waals surface area (Å²) < 4.78 is 1.05. The molecule has 0 aromatic heterocycles. The fourth-order valence-electron chi connectivity index (χ4n) is 2.80. The lowest BCUT2D eigenvalue weighted by Crippen LogP contribution is -2.40. The quantitative estimate of drug-likeness (QED) is 0.889. The highest BCUT2D eigenvalue weighted by Gasteiger charge is 2.42. The van der Waals surface area contributed by atoms with Crippen molar-refractivity contribution in [3.8, 4) is 0 Å². The summed E-state index contributed by atoms with van der Waals surface area (Å²) in [5.74, 6) is 0. The van der Waals surface area contributed by atoms with Gasteiger partial charge in [0.2, 0.25) is 0 Å². The van der Waals surface area contributed by atoms with Crippen LogP contribution in [0.5, 0.6) is 0 Å². The summed E-state index contributed by atoms with van der Waals surface area (Å²) in [6.07, 6.45) is 3.20. The molecule has 0 amide bonds. The van der Waals surface area contributed by atoms with Crippen molar-refractivity contribution in [2.24, 2.45) is 5.41 Å². The minimum atomic E-state index is -0.159. The summed E-state index contributed by atoms with van der Waals surface area (Å²) in [7, 11) is 0. The van der Waals surface area contributed by atoms with Gasteiger partial charge in [0.1, 0.15) is 0 Å². The smallest absolute Gasteiger partial charge is 0.0661 e. The van der Waals surface area contributed by atoms with Gasteiger partial charge in [0.25, 0.3) is 0 Å². The van der Waals surface area contributed by atoms with E-state index in [4.69, 9.17) is 0 Å². The van der Waals surface area contributed by atoms with E-state index in [-0.39, 0.29) is 12.1 Å². The maximum Gasteiger partial charge on any atom is 0.0661 e. The number of aliphatic hydroxyl groups excluding tert-OH is 1. The minimum Gasteiger partial charge on any atom is -0.394 e. The molecular weight excluding hydrogens is 278 g/mol. The zero-order chi connectivity index (χ0) is 12.5. The molecule has 1 aliphatic rings. The summed E-state index contributed by atoms with van der Waals surface area (Å²) in [5, 5.41) is 13.3. The van der Waals surface area contributed by atoms with Crippen LogP contribution in [0.1, 0.15) is 33.1 Å². The first-order chi connectivity index (χ1) is 7.96. The van der Waals surface area contributed by atoms with Gasteiger partial charge in [0, 0.05) is 10.2 Å². The van der Waals surface area contributed by atoms with Crippen molar-refractivity contribution in [1.82, 2.24) is 0 Å². The molecule has 2 rings (SSSR count). The van der Waals surface area contributed by atoms with Gasteiger partial charge in [-0.05, 0) is 52.7 Å². The number of hydrogen-bond donors (Lipinski definition) is 2. The van der Waals surface area contributed by atoms with Crippen LogP contribution in [0, 0.1) is 5.41 Å². The van der Waals surface area contributed by atoms with Gasteiger partial charge in [-0.3, -0.25) is 0 Å². The molecule has 1 aromatic rings. The second-order valence-corrected chi connectivity index (χ2v) is 6.74. The third kappa shape index (κ3) is 2.83. The number of benzene rings is 1. The van der Waals surface area contributed by atoms with E-state index in [1.165, 1.54) is 0 Å². The van der Waals surface area contributed by atoms with E-state index in [1.54, 1.807) is 0 Å². The predicted octanol–water partition coefficient (Wildman–Crippen LogP) is 3.80. The number of para-hydroxylation sites is 1. The van der Waals surface area contributed by atoms with E-state index in [1.807, 2.05) is 24.3 Å². The average Bonchev–Trinajstić information content (AvgIpc) is 2.59. The topological polar surface area (TPSA) is 32.3 Å². The number of nitrogens with one attached hydrogen (secondary N) is 1. The lowest BCUT2D eigenvalue weighted by molar-refractivity contribution is 0.202. The molecule has 1 fully saturated rings. The molecular formula is C14H20BrNO. The highest BCUT2D eigenvalue weighted by molar-refractivity contribution is 9.10. The van der Waals surface area contributed by atoms with Gasteiger partial charge in [-0.25, -0.2) is 0 Å². The lowest BCUT2D eigenvalue weighted by atomic mass is 9.88. The summed E-state index contributed by atoms with van der Waals surface area (Å²) in [4.78, 5) is 0. The van der Waals surface area contributed by atoms with Gasteiger partial charge in [-0.1, -0.05) is 26.0 Å². The molecule has 0 saturated heterocycles. The molecule has 0 heterocycles. The first-order valence-corrected chi connectivity index (χ1v) is 6.89. The number of rotatable bonds is 3. The highest BCUT2D eigenvalue weighted by atomic mass is 79.9. The SMILES string of the molecule is CC1(C)CCC(CO)(Nc2ccccc2Br)C1. The summed E-state index contributed by atoms with van der Waals surface area (Å²) >= 11 is 3.54. The Bertz CT molecular complexity index is 405. The molecule has 1 aliphatic carbocycles. The Morgan fingerprint density at radius 2 is 2.00 bits per heavy atom. The molecule has 3 heteroatoms. The zero-order valence-corrected chi connectivity index (χ0v) is 12.0. The zero-order valence-electron chi connectivity index (χ0n) is 10.5. The van der Waals surface area contributed by atoms with Crippen LogP contribution < -0.4 is 5.32 Å². The van der Waals surface area contributed by atoms with E-state index in [0.29, 0.717) is 5.41 Å². The highest BCUT2D eigenvalue weighted by Crippen LogP contribution is 2.45. The van der Waals surface area contributed by atoms with Crippen LogP contribution in [0.15, 0.2) is 28.7 Å². The van der Waals surface area contributed by atoms with Gasteiger partial charge >= 0.3 is 0 Å². The minimum absolute atomic E-state index is 0.159. The fraction of sp³-hybridized carbons (Fsp3) is 0.571. The van der Waals surface area contributed by atoms with E-state index < -0.39 is 0 Å². The summed E-state index contributed by atoms with van der Waals surface area (Å²) in [6, 6.07) is 8.08. The summed E-state index contributed by atoms with van der Waals surface area (Å²) in [6.45, 7) is 4.73. The van der Waals surface area contributed by atoms with Crippen molar-refractivity contribution in [1.29, 1.82) is 0 Å².